The summed E-state index contributed by atoms with van der Waals surface area (Å²) in [6.07, 6.45) is 0. The molecule has 35 heavy (non-hydrogen) atoms. The van der Waals surface area contributed by atoms with Crippen LogP contribution in [-0.4, -0.2) is 24.9 Å². The van der Waals surface area contributed by atoms with Gasteiger partial charge in [-0.2, -0.15) is 5.10 Å². The molecule has 0 fully saturated rings. The van der Waals surface area contributed by atoms with Gasteiger partial charge in [-0.25, -0.2) is 9.07 Å². The van der Waals surface area contributed by atoms with Crippen molar-refractivity contribution in [2.24, 2.45) is 0 Å². The maximum Gasteiger partial charge on any atom is 0.277 e. The highest BCUT2D eigenvalue weighted by molar-refractivity contribution is 7.98. The number of halogens is 1. The number of nitrogens with zero attached hydrogens (tertiary/aromatic N) is 5. The number of nitro groups is 1. The van der Waals surface area contributed by atoms with Crippen LogP contribution in [0, 0.1) is 15.9 Å². The van der Waals surface area contributed by atoms with Crippen LogP contribution in [0.15, 0.2) is 87.2 Å². The molecule has 174 valence electrons. The second kappa shape index (κ2) is 9.47. The third-order valence-electron chi connectivity index (χ3n) is 5.28. The van der Waals surface area contributed by atoms with Crippen LogP contribution in [0.25, 0.3) is 22.4 Å². The van der Waals surface area contributed by atoms with Crippen molar-refractivity contribution in [1.82, 2.24) is 20.0 Å². The molecular formula is C24H16FN5O4S. The predicted molar refractivity (Wildman–Crippen MR) is 127 cm³/mol. The van der Waals surface area contributed by atoms with Gasteiger partial charge in [0, 0.05) is 17.2 Å². The zero-order valence-electron chi connectivity index (χ0n) is 18.0. The first-order valence-electron chi connectivity index (χ1n) is 10.4. The minimum atomic E-state index is -0.688. The Balaban J connectivity index is 1.49. The zero-order chi connectivity index (χ0) is 24.4. The normalized spacial score (nSPS) is 11.1. The predicted octanol–water partition coefficient (Wildman–Crippen LogP) is 4.83. The highest BCUT2D eigenvalue weighted by atomic mass is 32.2. The lowest BCUT2D eigenvalue weighted by Gasteiger charge is -2.09. The molecule has 0 saturated carbocycles. The molecule has 0 unspecified atom stereocenters. The summed E-state index contributed by atoms with van der Waals surface area (Å²) in [5, 5.41) is 24.9. The molecule has 11 heteroatoms. The molecule has 2 aromatic heterocycles. The van der Waals surface area contributed by atoms with Gasteiger partial charge in [-0.05, 0) is 17.7 Å². The molecule has 9 nitrogen and oxygen atoms in total. The van der Waals surface area contributed by atoms with Crippen LogP contribution in [0.3, 0.4) is 0 Å². The molecule has 0 N–H and O–H groups in total. The van der Waals surface area contributed by atoms with E-state index in [2.05, 4.69) is 15.3 Å². The Labute approximate surface area is 201 Å². The highest BCUT2D eigenvalue weighted by Crippen LogP contribution is 2.31. The third-order valence-corrected chi connectivity index (χ3v) is 6.13. The van der Waals surface area contributed by atoms with Crippen LogP contribution in [0.2, 0.25) is 0 Å². The van der Waals surface area contributed by atoms with E-state index in [0.717, 1.165) is 23.4 Å². The van der Waals surface area contributed by atoms with Crippen molar-refractivity contribution in [1.29, 1.82) is 0 Å². The second-order valence-electron chi connectivity index (χ2n) is 7.50. The van der Waals surface area contributed by atoms with Gasteiger partial charge >= 0.3 is 0 Å². The van der Waals surface area contributed by atoms with E-state index < -0.39 is 10.7 Å². The van der Waals surface area contributed by atoms with Gasteiger partial charge in [0.05, 0.1) is 22.4 Å². The largest absolute Gasteiger partial charge is 0.409 e. The number of nitro benzene ring substituents is 1. The van der Waals surface area contributed by atoms with Crippen molar-refractivity contribution in [2.45, 2.75) is 17.5 Å². The summed E-state index contributed by atoms with van der Waals surface area (Å²) in [4.78, 5) is 23.6. The average Bonchev–Trinajstić information content (AvgIpc) is 3.34. The quantitative estimate of drug-likeness (QED) is 0.181. The lowest BCUT2D eigenvalue weighted by molar-refractivity contribution is -0.385. The molecule has 0 saturated heterocycles. The summed E-state index contributed by atoms with van der Waals surface area (Å²) in [6.45, 7) is 0.254. The minimum Gasteiger partial charge on any atom is -0.409 e. The van der Waals surface area contributed by atoms with Crippen molar-refractivity contribution >= 4 is 28.2 Å². The van der Waals surface area contributed by atoms with Crippen molar-refractivity contribution < 1.29 is 13.7 Å². The van der Waals surface area contributed by atoms with Crippen LogP contribution in [0.4, 0.5) is 10.1 Å². The SMILES string of the molecule is O=c1c2ccccc2c(-c2nnc(SCc3c(F)cccc3[N+](=O)[O-])o2)nn1Cc1ccccc1. The Bertz CT molecular complexity index is 1600. The van der Waals surface area contributed by atoms with Gasteiger partial charge in [-0.15, -0.1) is 10.2 Å². The topological polar surface area (TPSA) is 117 Å². The number of aromatic nitrogens is 4. The van der Waals surface area contributed by atoms with Crippen LogP contribution >= 0.6 is 11.8 Å². The summed E-state index contributed by atoms with van der Waals surface area (Å²) in [5.41, 5.74) is 0.582. The Morgan fingerprint density at radius 2 is 1.71 bits per heavy atom. The Hall–Kier alpha value is -4.38. The first-order valence-corrected chi connectivity index (χ1v) is 11.4. The van der Waals surface area contributed by atoms with Crippen LogP contribution < -0.4 is 5.56 Å². The summed E-state index contributed by atoms with van der Waals surface area (Å²) >= 11 is 0.969. The summed E-state index contributed by atoms with van der Waals surface area (Å²) in [7, 11) is 0. The van der Waals surface area contributed by atoms with Gasteiger partial charge in [0.15, 0.2) is 5.69 Å². The molecule has 5 aromatic rings. The Morgan fingerprint density at radius 3 is 2.49 bits per heavy atom. The summed E-state index contributed by atoms with van der Waals surface area (Å²) in [6, 6.07) is 20.1. The van der Waals surface area contributed by atoms with Gasteiger partial charge < -0.3 is 4.42 Å². The highest BCUT2D eigenvalue weighted by Gasteiger charge is 2.21. The van der Waals surface area contributed by atoms with Crippen LogP contribution in [0.1, 0.15) is 11.1 Å². The lowest BCUT2D eigenvalue weighted by Crippen LogP contribution is -2.24. The number of hydrogen-bond donors (Lipinski definition) is 0. The zero-order valence-corrected chi connectivity index (χ0v) is 18.8. The van der Waals surface area contributed by atoms with Crippen molar-refractivity contribution in [3.63, 3.8) is 0 Å². The monoisotopic (exact) mass is 489 g/mol. The number of rotatable bonds is 7. The molecule has 0 amide bonds. The standard InChI is InChI=1S/C24H16FN5O4S/c25-19-11-6-12-20(30(32)33)18(19)14-35-24-27-26-22(34-24)21-16-9-4-5-10-17(16)23(31)29(28-21)13-15-7-2-1-3-8-15/h1-12H,13-14H2. The molecule has 0 atom stereocenters. The van der Waals surface area contributed by atoms with E-state index in [1.165, 1.54) is 16.8 Å². The Kier molecular flexibility index (Phi) is 6.06. The molecule has 0 spiro atoms. The van der Waals surface area contributed by atoms with E-state index in [-0.39, 0.29) is 40.2 Å². The van der Waals surface area contributed by atoms with Gasteiger partial charge in [0.2, 0.25) is 0 Å². The smallest absolute Gasteiger partial charge is 0.277 e. The molecule has 5 rings (SSSR count). The first-order chi connectivity index (χ1) is 17.0. The molecule has 0 aliphatic heterocycles. The van der Waals surface area contributed by atoms with Gasteiger partial charge in [-0.1, -0.05) is 66.4 Å². The van der Waals surface area contributed by atoms with Gasteiger partial charge in [0.25, 0.3) is 22.4 Å². The maximum atomic E-state index is 14.2. The van der Waals surface area contributed by atoms with E-state index in [4.69, 9.17) is 4.42 Å². The van der Waals surface area contributed by atoms with E-state index >= 15 is 0 Å². The lowest BCUT2D eigenvalue weighted by atomic mass is 10.1. The summed E-state index contributed by atoms with van der Waals surface area (Å²) < 4.78 is 21.3. The number of benzene rings is 3. The summed E-state index contributed by atoms with van der Waals surface area (Å²) in [5.74, 6) is -0.688. The molecular weight excluding hydrogens is 473 g/mol. The molecule has 3 aromatic carbocycles. The average molecular weight is 489 g/mol. The third kappa shape index (κ3) is 4.53. The Morgan fingerprint density at radius 1 is 0.971 bits per heavy atom. The minimum absolute atomic E-state index is 0.0674. The number of fused-ring (bicyclic) bond motifs is 1. The first kappa shape index (κ1) is 22.4. The van der Waals surface area contributed by atoms with Gasteiger partial charge in [-0.3, -0.25) is 14.9 Å². The molecule has 0 bridgehead atoms. The molecule has 0 aliphatic rings. The van der Waals surface area contributed by atoms with Crippen LogP contribution in [0.5, 0.6) is 0 Å². The number of hydrogen-bond acceptors (Lipinski definition) is 8. The van der Waals surface area contributed by atoms with E-state index in [9.17, 15) is 19.3 Å². The van der Waals surface area contributed by atoms with Crippen molar-refractivity contribution in [3.8, 4) is 11.6 Å². The maximum absolute atomic E-state index is 14.2. The fourth-order valence-corrected chi connectivity index (χ4v) is 4.41. The van der Waals surface area contributed by atoms with E-state index in [0.29, 0.717) is 16.5 Å². The molecule has 0 radical (unpaired) electrons. The van der Waals surface area contributed by atoms with E-state index in [1.807, 2.05) is 30.3 Å². The fourth-order valence-electron chi connectivity index (χ4n) is 3.62. The van der Waals surface area contributed by atoms with Crippen molar-refractivity contribution in [3.05, 3.63) is 110 Å². The molecule has 0 aliphatic carbocycles. The molecule has 2 heterocycles. The second-order valence-corrected chi connectivity index (χ2v) is 8.43. The van der Waals surface area contributed by atoms with E-state index in [1.54, 1.807) is 24.3 Å². The fraction of sp³-hybridized carbons (Fsp3) is 0.0833. The van der Waals surface area contributed by atoms with Crippen LogP contribution in [-0.2, 0) is 12.3 Å². The van der Waals surface area contributed by atoms with Gasteiger partial charge in [0.1, 0.15) is 5.82 Å². The van der Waals surface area contributed by atoms with Crippen molar-refractivity contribution in [2.75, 3.05) is 0 Å². The number of thioether (sulfide) groups is 1.